The zero-order valence-electron chi connectivity index (χ0n) is 15.6. The quantitative estimate of drug-likeness (QED) is 0.690. The highest BCUT2D eigenvalue weighted by atomic mass is 16.5. The van der Waals surface area contributed by atoms with Gasteiger partial charge < -0.3 is 19.8 Å². The number of ether oxygens (including phenoxy) is 1. The Balaban J connectivity index is 2.18. The third kappa shape index (κ3) is 5.70. The molecule has 0 saturated heterocycles. The molecule has 1 aromatic heterocycles. The molecule has 2 aromatic rings. The van der Waals surface area contributed by atoms with Gasteiger partial charge in [0.05, 0.1) is 13.4 Å². The number of carbonyl (C=O) groups is 3. The summed E-state index contributed by atoms with van der Waals surface area (Å²) in [6.07, 6.45) is 1.65. The van der Waals surface area contributed by atoms with Crippen LogP contribution in [0.5, 0.6) is 0 Å². The second kappa shape index (κ2) is 9.56. The fourth-order valence-electron chi connectivity index (χ4n) is 2.57. The van der Waals surface area contributed by atoms with Gasteiger partial charge in [-0.25, -0.2) is 4.79 Å². The SMILES string of the molecule is COC(=O)[C@@H](NC(=O)[C@H](Cc1ccccc1)NC(=O)c1ccco1)C(C)C. The van der Waals surface area contributed by atoms with Crippen LogP contribution in [0, 0.1) is 5.92 Å². The van der Waals surface area contributed by atoms with Crippen LogP contribution >= 0.6 is 0 Å². The second-order valence-electron chi connectivity index (χ2n) is 6.45. The number of rotatable bonds is 8. The molecule has 0 fully saturated rings. The predicted octanol–water partition coefficient (Wildman–Crippen LogP) is 1.93. The summed E-state index contributed by atoms with van der Waals surface area (Å²) in [6, 6.07) is 10.7. The number of hydrogen-bond acceptors (Lipinski definition) is 5. The Morgan fingerprint density at radius 2 is 1.74 bits per heavy atom. The molecule has 144 valence electrons. The van der Waals surface area contributed by atoms with Gasteiger partial charge in [-0.2, -0.15) is 0 Å². The molecule has 1 aromatic carbocycles. The van der Waals surface area contributed by atoms with Gasteiger partial charge in [-0.05, 0) is 23.6 Å². The largest absolute Gasteiger partial charge is 0.467 e. The summed E-state index contributed by atoms with van der Waals surface area (Å²) in [5.74, 6) is -1.57. The molecule has 0 unspecified atom stereocenters. The monoisotopic (exact) mass is 372 g/mol. The minimum atomic E-state index is -0.879. The van der Waals surface area contributed by atoms with Gasteiger partial charge in [0, 0.05) is 6.42 Å². The van der Waals surface area contributed by atoms with Gasteiger partial charge in [0.1, 0.15) is 12.1 Å². The van der Waals surface area contributed by atoms with Crippen LogP contribution in [0.4, 0.5) is 0 Å². The Hall–Kier alpha value is -3.09. The number of nitrogens with one attached hydrogen (secondary N) is 2. The molecule has 2 atom stereocenters. The van der Waals surface area contributed by atoms with E-state index in [1.165, 1.54) is 19.4 Å². The molecule has 0 aliphatic carbocycles. The first-order valence-electron chi connectivity index (χ1n) is 8.69. The number of amides is 2. The Kier molecular flexibility index (Phi) is 7.16. The lowest BCUT2D eigenvalue weighted by Gasteiger charge is -2.24. The molecule has 7 heteroatoms. The van der Waals surface area contributed by atoms with Crippen molar-refractivity contribution in [2.24, 2.45) is 5.92 Å². The Morgan fingerprint density at radius 1 is 1.04 bits per heavy atom. The van der Waals surface area contributed by atoms with E-state index in [0.29, 0.717) is 0 Å². The van der Waals surface area contributed by atoms with Gasteiger partial charge in [-0.1, -0.05) is 44.2 Å². The van der Waals surface area contributed by atoms with Crippen LogP contribution in [0.15, 0.2) is 53.1 Å². The van der Waals surface area contributed by atoms with Crippen molar-refractivity contribution < 1.29 is 23.5 Å². The van der Waals surface area contributed by atoms with Crippen molar-refractivity contribution in [3.8, 4) is 0 Å². The van der Waals surface area contributed by atoms with Crippen molar-refractivity contribution in [3.05, 3.63) is 60.1 Å². The summed E-state index contributed by atoms with van der Waals surface area (Å²) < 4.78 is 9.84. The molecule has 0 aliphatic heterocycles. The maximum absolute atomic E-state index is 12.8. The summed E-state index contributed by atoms with van der Waals surface area (Å²) in [6.45, 7) is 3.60. The van der Waals surface area contributed by atoms with Gasteiger partial charge >= 0.3 is 5.97 Å². The van der Waals surface area contributed by atoms with Gasteiger partial charge in [0.15, 0.2) is 5.76 Å². The van der Waals surface area contributed by atoms with Gasteiger partial charge in [-0.15, -0.1) is 0 Å². The fourth-order valence-corrected chi connectivity index (χ4v) is 2.57. The number of carbonyl (C=O) groups excluding carboxylic acids is 3. The maximum Gasteiger partial charge on any atom is 0.328 e. The standard InChI is InChI=1S/C20H24N2O5/c1-13(2)17(20(25)26-3)22-18(23)15(12-14-8-5-4-6-9-14)21-19(24)16-10-7-11-27-16/h4-11,13,15,17H,12H2,1-3H3,(H,21,24)(H,22,23)/t15-,17-/m0/s1. The smallest absolute Gasteiger partial charge is 0.328 e. The number of hydrogen-bond donors (Lipinski definition) is 2. The fraction of sp³-hybridized carbons (Fsp3) is 0.350. The van der Waals surface area contributed by atoms with Crippen LogP contribution in [0.2, 0.25) is 0 Å². The van der Waals surface area contributed by atoms with Crippen molar-refractivity contribution >= 4 is 17.8 Å². The van der Waals surface area contributed by atoms with Crippen molar-refractivity contribution in [1.82, 2.24) is 10.6 Å². The van der Waals surface area contributed by atoms with Crippen LogP contribution in [0.1, 0.15) is 30.0 Å². The summed E-state index contributed by atoms with van der Waals surface area (Å²) in [4.78, 5) is 37.1. The van der Waals surface area contributed by atoms with Gasteiger partial charge in [-0.3, -0.25) is 9.59 Å². The third-order valence-electron chi connectivity index (χ3n) is 4.07. The molecule has 2 N–H and O–H groups in total. The lowest BCUT2D eigenvalue weighted by Crippen LogP contribution is -2.54. The second-order valence-corrected chi connectivity index (χ2v) is 6.45. The average molecular weight is 372 g/mol. The van der Waals surface area contributed by atoms with E-state index in [0.717, 1.165) is 5.56 Å². The highest BCUT2D eigenvalue weighted by Gasteiger charge is 2.30. The number of esters is 1. The zero-order valence-corrected chi connectivity index (χ0v) is 15.6. The van der Waals surface area contributed by atoms with Crippen LogP contribution in [-0.4, -0.2) is 37.0 Å². The van der Waals surface area contributed by atoms with Crippen molar-refractivity contribution in [2.75, 3.05) is 7.11 Å². The highest BCUT2D eigenvalue weighted by molar-refractivity contribution is 5.96. The van der Waals surface area contributed by atoms with Crippen molar-refractivity contribution in [3.63, 3.8) is 0 Å². The van der Waals surface area contributed by atoms with Crippen LogP contribution in [0.3, 0.4) is 0 Å². The molecule has 0 spiro atoms. The molecule has 0 aliphatic rings. The Labute approximate surface area is 158 Å². The number of benzene rings is 1. The first-order valence-corrected chi connectivity index (χ1v) is 8.69. The van der Waals surface area contributed by atoms with E-state index in [2.05, 4.69) is 10.6 Å². The lowest BCUT2D eigenvalue weighted by atomic mass is 10.0. The molecule has 1 heterocycles. The molecule has 0 bridgehead atoms. The average Bonchev–Trinajstić information content (AvgIpc) is 3.20. The summed E-state index contributed by atoms with van der Waals surface area (Å²) in [5, 5.41) is 5.35. The van der Waals surface area contributed by atoms with Crippen molar-refractivity contribution in [1.29, 1.82) is 0 Å². The molecule has 27 heavy (non-hydrogen) atoms. The van der Waals surface area contributed by atoms with E-state index in [1.54, 1.807) is 19.9 Å². The van der Waals surface area contributed by atoms with E-state index in [-0.39, 0.29) is 18.1 Å². The molecule has 0 radical (unpaired) electrons. The van der Waals surface area contributed by atoms with Crippen LogP contribution in [-0.2, 0) is 20.7 Å². The minimum Gasteiger partial charge on any atom is -0.467 e. The van der Waals surface area contributed by atoms with E-state index >= 15 is 0 Å². The van der Waals surface area contributed by atoms with Crippen molar-refractivity contribution in [2.45, 2.75) is 32.4 Å². The normalized spacial score (nSPS) is 12.9. The molecular weight excluding hydrogens is 348 g/mol. The summed E-state index contributed by atoms with van der Waals surface area (Å²) in [7, 11) is 1.27. The number of furan rings is 1. The van der Waals surface area contributed by atoms with Crippen LogP contribution < -0.4 is 10.6 Å². The van der Waals surface area contributed by atoms with Gasteiger partial charge in [0.25, 0.3) is 5.91 Å². The minimum absolute atomic E-state index is 0.106. The van der Waals surface area contributed by atoms with E-state index < -0.39 is 29.9 Å². The van der Waals surface area contributed by atoms with E-state index in [9.17, 15) is 14.4 Å². The number of methoxy groups -OCH3 is 1. The third-order valence-corrected chi connectivity index (χ3v) is 4.07. The van der Waals surface area contributed by atoms with Crippen LogP contribution in [0.25, 0.3) is 0 Å². The lowest BCUT2D eigenvalue weighted by molar-refractivity contribution is -0.146. The zero-order chi connectivity index (χ0) is 19.8. The topological polar surface area (TPSA) is 97.6 Å². The van der Waals surface area contributed by atoms with Gasteiger partial charge in [0.2, 0.25) is 5.91 Å². The molecule has 0 saturated carbocycles. The van der Waals surface area contributed by atoms with E-state index in [1.807, 2.05) is 30.3 Å². The molecular formula is C20H24N2O5. The Morgan fingerprint density at radius 3 is 2.30 bits per heavy atom. The van der Waals surface area contributed by atoms with E-state index in [4.69, 9.17) is 9.15 Å². The first kappa shape index (κ1) is 20.2. The maximum atomic E-state index is 12.8. The molecule has 7 nitrogen and oxygen atoms in total. The Bertz CT molecular complexity index is 756. The summed E-state index contributed by atoms with van der Waals surface area (Å²) in [5.41, 5.74) is 0.872. The summed E-state index contributed by atoms with van der Waals surface area (Å²) >= 11 is 0. The predicted molar refractivity (Wildman–Crippen MR) is 98.9 cm³/mol. The highest BCUT2D eigenvalue weighted by Crippen LogP contribution is 2.09. The first-order chi connectivity index (χ1) is 12.9. The molecule has 2 rings (SSSR count). The molecule has 2 amide bonds.